The van der Waals surface area contributed by atoms with Gasteiger partial charge in [0.1, 0.15) is 6.04 Å². The average molecular weight is 318 g/mol. The Morgan fingerprint density at radius 2 is 1.81 bits per heavy atom. The molecule has 1 unspecified atom stereocenters. The van der Waals surface area contributed by atoms with E-state index in [9.17, 15) is 13.2 Å². The van der Waals surface area contributed by atoms with Crippen molar-refractivity contribution in [2.24, 2.45) is 0 Å². The summed E-state index contributed by atoms with van der Waals surface area (Å²) >= 11 is 0. The molecular weight excluding hydrogens is 292 g/mol. The van der Waals surface area contributed by atoms with Crippen LogP contribution in [0.5, 0.6) is 0 Å². The number of nitrogens with one attached hydrogen (secondary N) is 1. The zero-order valence-corrected chi connectivity index (χ0v) is 13.7. The van der Waals surface area contributed by atoms with Gasteiger partial charge in [-0.05, 0) is 12.8 Å². The fourth-order valence-electron chi connectivity index (χ4n) is 3.06. The Bertz CT molecular complexity index is 458. The third-order valence-corrected chi connectivity index (χ3v) is 6.44. The van der Waals surface area contributed by atoms with Crippen LogP contribution in [0.15, 0.2) is 0 Å². The van der Waals surface area contributed by atoms with Gasteiger partial charge in [-0.2, -0.15) is 17.0 Å². The monoisotopic (exact) mass is 318 g/mol. The molecule has 2 aliphatic heterocycles. The molecule has 0 aromatic carbocycles. The Labute approximate surface area is 127 Å². The van der Waals surface area contributed by atoms with Crippen molar-refractivity contribution in [1.29, 1.82) is 0 Å². The summed E-state index contributed by atoms with van der Waals surface area (Å²) < 4.78 is 28.2. The van der Waals surface area contributed by atoms with E-state index in [0.717, 1.165) is 19.5 Å². The normalized spacial score (nSPS) is 24.7. The van der Waals surface area contributed by atoms with Gasteiger partial charge in [-0.25, -0.2) is 0 Å². The number of rotatable bonds is 5. The van der Waals surface area contributed by atoms with Gasteiger partial charge in [0.15, 0.2) is 0 Å². The van der Waals surface area contributed by atoms with Crippen molar-refractivity contribution < 1.29 is 13.2 Å². The molecule has 1 atom stereocenters. The molecule has 7 nitrogen and oxygen atoms in total. The maximum absolute atomic E-state index is 12.7. The van der Waals surface area contributed by atoms with E-state index >= 15 is 0 Å². The second-order valence-electron chi connectivity index (χ2n) is 5.44. The summed E-state index contributed by atoms with van der Waals surface area (Å²) in [6, 6.07) is -0.520. The van der Waals surface area contributed by atoms with Crippen LogP contribution in [0.2, 0.25) is 0 Å². The van der Waals surface area contributed by atoms with Crippen LogP contribution in [0.1, 0.15) is 26.7 Å². The van der Waals surface area contributed by atoms with E-state index in [4.69, 9.17) is 0 Å². The third-order valence-electron chi connectivity index (χ3n) is 4.25. The second-order valence-corrected chi connectivity index (χ2v) is 7.32. The van der Waals surface area contributed by atoms with Crippen LogP contribution in [0, 0.1) is 0 Å². The third kappa shape index (κ3) is 3.39. The Kier molecular flexibility index (Phi) is 5.59. The molecule has 0 bridgehead atoms. The van der Waals surface area contributed by atoms with E-state index in [1.807, 2.05) is 13.8 Å². The van der Waals surface area contributed by atoms with Crippen molar-refractivity contribution >= 4 is 16.1 Å². The van der Waals surface area contributed by atoms with Crippen LogP contribution in [-0.2, 0) is 15.0 Å². The van der Waals surface area contributed by atoms with Gasteiger partial charge in [0.05, 0.1) is 0 Å². The molecule has 8 heteroatoms. The summed E-state index contributed by atoms with van der Waals surface area (Å²) in [5, 5.41) is 3.20. The summed E-state index contributed by atoms with van der Waals surface area (Å²) in [6.07, 6.45) is 1.38. The molecule has 0 aliphatic carbocycles. The number of carbonyl (C=O) groups excluding carboxylic acids is 1. The molecule has 0 radical (unpaired) electrons. The van der Waals surface area contributed by atoms with E-state index in [1.165, 1.54) is 8.61 Å². The van der Waals surface area contributed by atoms with Gasteiger partial charge in [0.25, 0.3) is 10.2 Å². The van der Waals surface area contributed by atoms with Gasteiger partial charge in [-0.15, -0.1) is 0 Å². The van der Waals surface area contributed by atoms with Crippen LogP contribution < -0.4 is 5.32 Å². The van der Waals surface area contributed by atoms with Crippen LogP contribution in [0.4, 0.5) is 0 Å². The van der Waals surface area contributed by atoms with Gasteiger partial charge in [-0.3, -0.25) is 4.79 Å². The first-order valence-electron chi connectivity index (χ1n) is 7.78. The van der Waals surface area contributed by atoms with Crippen molar-refractivity contribution in [3.8, 4) is 0 Å². The molecule has 0 saturated carbocycles. The highest BCUT2D eigenvalue weighted by Crippen LogP contribution is 2.25. The SMILES string of the molecule is CCN(CC)S(=O)(=O)N1CCCC1C(=O)N1CCNCC1. The number of hydrogen-bond donors (Lipinski definition) is 1. The highest BCUT2D eigenvalue weighted by atomic mass is 32.2. The number of nitrogens with zero attached hydrogens (tertiary/aromatic N) is 3. The van der Waals surface area contributed by atoms with Gasteiger partial charge < -0.3 is 10.2 Å². The highest BCUT2D eigenvalue weighted by molar-refractivity contribution is 7.86. The lowest BCUT2D eigenvalue weighted by Crippen LogP contribution is -2.55. The summed E-state index contributed by atoms with van der Waals surface area (Å²) in [7, 11) is -3.53. The van der Waals surface area contributed by atoms with Gasteiger partial charge in [0, 0.05) is 45.8 Å². The maximum Gasteiger partial charge on any atom is 0.282 e. The minimum atomic E-state index is -3.53. The molecule has 21 heavy (non-hydrogen) atoms. The van der Waals surface area contributed by atoms with Crippen LogP contribution >= 0.6 is 0 Å². The fourth-order valence-corrected chi connectivity index (χ4v) is 4.88. The summed E-state index contributed by atoms with van der Waals surface area (Å²) in [5.41, 5.74) is 0. The Morgan fingerprint density at radius 3 is 2.38 bits per heavy atom. The smallest absolute Gasteiger partial charge is 0.282 e. The van der Waals surface area contributed by atoms with Crippen LogP contribution in [0.3, 0.4) is 0 Å². The van der Waals surface area contributed by atoms with E-state index in [-0.39, 0.29) is 5.91 Å². The standard InChI is InChI=1S/C13H26N4O3S/c1-3-16(4-2)21(19,20)17-9-5-6-12(17)13(18)15-10-7-14-8-11-15/h12,14H,3-11H2,1-2H3. The molecule has 2 saturated heterocycles. The molecule has 0 aromatic heterocycles. The predicted molar refractivity (Wildman–Crippen MR) is 81.0 cm³/mol. The Balaban J connectivity index is 2.14. The Morgan fingerprint density at radius 1 is 1.19 bits per heavy atom. The van der Waals surface area contributed by atoms with E-state index in [1.54, 1.807) is 4.90 Å². The molecule has 0 spiro atoms. The molecule has 2 heterocycles. The maximum atomic E-state index is 12.7. The Hall–Kier alpha value is -0.700. The molecule has 1 amide bonds. The molecule has 122 valence electrons. The molecule has 2 fully saturated rings. The lowest BCUT2D eigenvalue weighted by atomic mass is 10.2. The fraction of sp³-hybridized carbons (Fsp3) is 0.923. The van der Waals surface area contributed by atoms with Gasteiger partial charge in [0.2, 0.25) is 5.91 Å². The first kappa shape index (κ1) is 16.7. The average Bonchev–Trinajstić information content (AvgIpc) is 2.98. The molecule has 0 aromatic rings. The van der Waals surface area contributed by atoms with Crippen LogP contribution in [0.25, 0.3) is 0 Å². The molecule has 2 aliphatic rings. The van der Waals surface area contributed by atoms with Crippen molar-refractivity contribution in [2.75, 3.05) is 45.8 Å². The van der Waals surface area contributed by atoms with E-state index < -0.39 is 16.3 Å². The number of carbonyl (C=O) groups is 1. The minimum absolute atomic E-state index is 0.0373. The lowest BCUT2D eigenvalue weighted by molar-refractivity contribution is -0.135. The van der Waals surface area contributed by atoms with E-state index in [0.29, 0.717) is 39.1 Å². The molecule has 2 rings (SSSR count). The predicted octanol–water partition coefficient (Wildman–Crippen LogP) is -0.531. The van der Waals surface area contributed by atoms with Crippen LogP contribution in [-0.4, -0.2) is 79.7 Å². The first-order valence-corrected chi connectivity index (χ1v) is 9.18. The van der Waals surface area contributed by atoms with Crippen molar-refractivity contribution in [3.05, 3.63) is 0 Å². The second kappa shape index (κ2) is 7.04. The molecular formula is C13H26N4O3S. The largest absolute Gasteiger partial charge is 0.339 e. The summed E-state index contributed by atoms with van der Waals surface area (Å²) in [5.74, 6) is -0.0373. The van der Waals surface area contributed by atoms with E-state index in [2.05, 4.69) is 5.32 Å². The highest BCUT2D eigenvalue weighted by Gasteiger charge is 2.42. The zero-order valence-electron chi connectivity index (χ0n) is 12.9. The summed E-state index contributed by atoms with van der Waals surface area (Å²) in [4.78, 5) is 14.4. The minimum Gasteiger partial charge on any atom is -0.339 e. The summed E-state index contributed by atoms with van der Waals surface area (Å²) in [6.45, 7) is 7.84. The lowest BCUT2D eigenvalue weighted by Gasteiger charge is -2.34. The van der Waals surface area contributed by atoms with Crippen molar-refractivity contribution in [1.82, 2.24) is 18.8 Å². The molecule has 1 N–H and O–H groups in total. The number of amides is 1. The van der Waals surface area contributed by atoms with Crippen molar-refractivity contribution in [2.45, 2.75) is 32.7 Å². The van der Waals surface area contributed by atoms with Crippen molar-refractivity contribution in [3.63, 3.8) is 0 Å². The number of hydrogen-bond acceptors (Lipinski definition) is 4. The zero-order chi connectivity index (χ0) is 15.5. The van der Waals surface area contributed by atoms with Gasteiger partial charge >= 0.3 is 0 Å². The number of piperazine rings is 1. The quantitative estimate of drug-likeness (QED) is 0.739. The first-order chi connectivity index (χ1) is 10.0. The topological polar surface area (TPSA) is 73.0 Å². The van der Waals surface area contributed by atoms with Gasteiger partial charge in [-0.1, -0.05) is 13.8 Å².